The first-order chi connectivity index (χ1) is 13.8. The molecule has 1 aromatic heterocycles. The van der Waals surface area contributed by atoms with Crippen LogP contribution in [0.5, 0.6) is 0 Å². The fraction of sp³-hybridized carbons (Fsp3) is 0.0500. The van der Waals surface area contributed by atoms with Gasteiger partial charge in [-0.1, -0.05) is 59.1 Å². The number of nitrogens with zero attached hydrogens (tertiary/aromatic N) is 2. The van der Waals surface area contributed by atoms with Gasteiger partial charge in [0.15, 0.2) is 10.6 Å². The zero-order chi connectivity index (χ0) is 21.1. The van der Waals surface area contributed by atoms with Crippen LogP contribution in [-0.2, 0) is 0 Å². The summed E-state index contributed by atoms with van der Waals surface area (Å²) in [6.45, 7) is 1.94. The lowest BCUT2D eigenvalue weighted by Crippen LogP contribution is -2.32. The number of nitrogens with one attached hydrogen (secondary N) is 1. The monoisotopic (exact) mass is 433 g/mol. The van der Waals surface area contributed by atoms with E-state index in [1.807, 2.05) is 36.5 Å². The molecule has 9 heteroatoms. The number of imide groups is 1. The Kier molecular flexibility index (Phi) is 6.00. The smallest absolute Gasteiger partial charge is 0.349 e. The highest BCUT2D eigenvalue weighted by atomic mass is 35.5. The summed E-state index contributed by atoms with van der Waals surface area (Å²) in [6, 6.07) is 12.9. The summed E-state index contributed by atoms with van der Waals surface area (Å²) in [7, 11) is 0. The van der Waals surface area contributed by atoms with E-state index in [2.05, 4.69) is 4.99 Å². The van der Waals surface area contributed by atoms with E-state index in [-0.39, 0.29) is 15.7 Å². The highest BCUT2D eigenvalue weighted by Gasteiger charge is 2.18. The molecule has 2 N–H and O–H groups in total. The number of pyridine rings is 1. The normalized spacial score (nSPS) is 11.4. The van der Waals surface area contributed by atoms with Crippen LogP contribution in [0.15, 0.2) is 59.6 Å². The highest BCUT2D eigenvalue weighted by molar-refractivity contribution is 6.34. The topological polar surface area (TPSA) is 83.7 Å². The van der Waals surface area contributed by atoms with Gasteiger partial charge in [-0.05, 0) is 36.8 Å². The Morgan fingerprint density at radius 3 is 2.41 bits per heavy atom. The van der Waals surface area contributed by atoms with Crippen LogP contribution in [0.25, 0.3) is 11.1 Å². The molecule has 0 fully saturated rings. The molecular formula is C20H14Cl2FN3O3. The number of benzene rings is 2. The number of aryl methyl sites for hydroxylation is 1. The molecule has 0 saturated carbocycles. The first-order valence-electron chi connectivity index (χ1n) is 8.30. The van der Waals surface area contributed by atoms with Crippen molar-refractivity contribution in [1.82, 2.24) is 10.0 Å². The Morgan fingerprint density at radius 2 is 1.76 bits per heavy atom. The Bertz CT molecular complexity index is 1150. The minimum atomic E-state index is -1.13. The third kappa shape index (κ3) is 4.47. The van der Waals surface area contributed by atoms with Gasteiger partial charge in [0, 0.05) is 5.56 Å². The van der Waals surface area contributed by atoms with E-state index in [4.69, 9.17) is 23.2 Å². The highest BCUT2D eigenvalue weighted by Crippen LogP contribution is 2.26. The number of rotatable bonds is 2. The van der Waals surface area contributed by atoms with Crippen LogP contribution in [-0.4, -0.2) is 21.9 Å². The molecule has 0 saturated heterocycles. The predicted octanol–water partition coefficient (Wildman–Crippen LogP) is 4.60. The van der Waals surface area contributed by atoms with E-state index in [0.717, 1.165) is 17.2 Å². The third-order valence-electron chi connectivity index (χ3n) is 4.01. The van der Waals surface area contributed by atoms with Gasteiger partial charge >= 0.3 is 6.03 Å². The Hall–Kier alpha value is -3.16. The maximum absolute atomic E-state index is 13.8. The van der Waals surface area contributed by atoms with E-state index in [9.17, 15) is 19.2 Å². The molecule has 6 nitrogen and oxygen atoms in total. The molecule has 29 heavy (non-hydrogen) atoms. The van der Waals surface area contributed by atoms with Gasteiger partial charge in [0.25, 0.3) is 5.91 Å². The number of hydrogen-bond acceptors (Lipinski definition) is 3. The minimum absolute atomic E-state index is 0.0774. The number of halogens is 3. The Labute approximate surface area is 174 Å². The van der Waals surface area contributed by atoms with Crippen molar-refractivity contribution >= 4 is 35.1 Å². The largest absolute Gasteiger partial charge is 0.425 e. The van der Waals surface area contributed by atoms with Crippen LogP contribution in [0.2, 0.25) is 10.2 Å². The summed E-state index contributed by atoms with van der Waals surface area (Å²) >= 11 is 12.0. The van der Waals surface area contributed by atoms with Gasteiger partial charge in [0.05, 0.1) is 10.6 Å². The van der Waals surface area contributed by atoms with Crippen molar-refractivity contribution in [1.29, 1.82) is 0 Å². The average molecular weight is 434 g/mol. The lowest BCUT2D eigenvalue weighted by atomic mass is 10.1. The Morgan fingerprint density at radius 1 is 1.07 bits per heavy atom. The second-order valence-corrected chi connectivity index (χ2v) is 6.81. The van der Waals surface area contributed by atoms with Crippen molar-refractivity contribution in [3.05, 3.63) is 87.2 Å². The molecule has 0 unspecified atom stereocenters. The van der Waals surface area contributed by atoms with Crippen molar-refractivity contribution in [3.8, 4) is 11.1 Å². The van der Waals surface area contributed by atoms with E-state index >= 15 is 0 Å². The summed E-state index contributed by atoms with van der Waals surface area (Å²) in [5.41, 5.74) is 1.62. The molecule has 3 aromatic rings. The summed E-state index contributed by atoms with van der Waals surface area (Å²) in [6.07, 6.45) is 0. The molecule has 3 rings (SSSR count). The molecular weight excluding hydrogens is 420 g/mol. The molecule has 1 heterocycles. The van der Waals surface area contributed by atoms with Gasteiger partial charge in [-0.25, -0.2) is 9.18 Å². The van der Waals surface area contributed by atoms with Gasteiger partial charge in [-0.15, -0.1) is 0 Å². The lowest BCUT2D eigenvalue weighted by Gasteiger charge is -2.09. The van der Waals surface area contributed by atoms with Crippen LogP contribution < -0.4 is 10.8 Å². The van der Waals surface area contributed by atoms with Crippen LogP contribution in [0.1, 0.15) is 15.9 Å². The summed E-state index contributed by atoms with van der Waals surface area (Å²) in [4.78, 5) is 27.7. The second-order valence-electron chi connectivity index (χ2n) is 6.04. The molecule has 0 atom stereocenters. The molecule has 2 aromatic carbocycles. The average Bonchev–Trinajstić information content (AvgIpc) is 2.66. The van der Waals surface area contributed by atoms with E-state index in [1.165, 1.54) is 18.2 Å². The van der Waals surface area contributed by atoms with Gasteiger partial charge in [0.1, 0.15) is 5.82 Å². The Balaban J connectivity index is 1.88. The number of carbonyl (C=O) groups is 2. The van der Waals surface area contributed by atoms with Crippen LogP contribution >= 0.6 is 23.2 Å². The molecule has 0 aliphatic rings. The molecule has 0 radical (unpaired) electrons. The molecule has 0 spiro atoms. The molecule has 148 valence electrons. The van der Waals surface area contributed by atoms with Crippen molar-refractivity contribution in [3.63, 3.8) is 0 Å². The number of amides is 3. The quantitative estimate of drug-likeness (QED) is 0.457. The molecule has 0 aliphatic heterocycles. The van der Waals surface area contributed by atoms with Gasteiger partial charge in [0.2, 0.25) is 0 Å². The first kappa shape index (κ1) is 20.6. The van der Waals surface area contributed by atoms with Crippen LogP contribution in [0, 0.1) is 12.7 Å². The predicted molar refractivity (Wildman–Crippen MR) is 107 cm³/mol. The van der Waals surface area contributed by atoms with Crippen molar-refractivity contribution in [2.45, 2.75) is 6.92 Å². The fourth-order valence-corrected chi connectivity index (χ4v) is 3.06. The zero-order valence-electron chi connectivity index (χ0n) is 15.0. The second kappa shape index (κ2) is 8.46. The fourth-order valence-electron chi connectivity index (χ4n) is 2.55. The number of aromatic nitrogens is 1. The molecule has 0 aliphatic carbocycles. The zero-order valence-corrected chi connectivity index (χ0v) is 16.5. The van der Waals surface area contributed by atoms with Crippen molar-refractivity contribution < 1.29 is 19.2 Å². The maximum Gasteiger partial charge on any atom is 0.349 e. The number of carbonyl (C=O) groups excluding carboxylic acids is 2. The van der Waals surface area contributed by atoms with E-state index in [1.54, 1.807) is 6.07 Å². The molecule has 3 amide bonds. The van der Waals surface area contributed by atoms with Gasteiger partial charge in [-0.2, -0.15) is 9.72 Å². The van der Waals surface area contributed by atoms with Crippen LogP contribution in [0.3, 0.4) is 0 Å². The van der Waals surface area contributed by atoms with Gasteiger partial charge < -0.3 is 5.21 Å². The number of urea groups is 1. The molecule has 0 bridgehead atoms. The number of hydrogen-bond donors (Lipinski definition) is 2. The third-order valence-corrected chi connectivity index (χ3v) is 4.69. The SMILES string of the molecule is Cc1ccc(-c2ccc(=NC(=O)NC(=O)c3c(F)cccc3Cl)n(O)c2Cl)cc1. The van der Waals surface area contributed by atoms with Crippen molar-refractivity contribution in [2.24, 2.45) is 4.99 Å². The maximum atomic E-state index is 13.8. The lowest BCUT2D eigenvalue weighted by molar-refractivity contribution is 0.0961. The first-order valence-corrected chi connectivity index (χ1v) is 9.05. The minimum Gasteiger partial charge on any atom is -0.425 e. The van der Waals surface area contributed by atoms with Gasteiger partial charge in [-0.3, -0.25) is 10.1 Å². The summed E-state index contributed by atoms with van der Waals surface area (Å²) in [5, 5.41) is 11.9. The van der Waals surface area contributed by atoms with E-state index in [0.29, 0.717) is 10.3 Å². The summed E-state index contributed by atoms with van der Waals surface area (Å²) in [5.74, 6) is -1.95. The standard InChI is InChI=1S/C20H14Cl2FN3O3/c1-11-5-7-12(8-6-11)13-9-10-16(26(29)18(13)22)24-20(28)25-19(27)17-14(21)3-2-4-15(17)23/h2-10,29H,1H3,(H,25,27,28). The van der Waals surface area contributed by atoms with Crippen LogP contribution in [0.4, 0.5) is 9.18 Å². The summed E-state index contributed by atoms with van der Waals surface area (Å²) < 4.78 is 14.3. The van der Waals surface area contributed by atoms with E-state index < -0.39 is 23.3 Å². The van der Waals surface area contributed by atoms with Crippen molar-refractivity contribution in [2.75, 3.05) is 0 Å².